The van der Waals surface area contributed by atoms with Crippen LogP contribution in [0.1, 0.15) is 0 Å². The van der Waals surface area contributed by atoms with Crippen LogP contribution in [0.3, 0.4) is 0 Å². The maximum Gasteiger partial charge on any atom is 0.315 e. The fourth-order valence-electron chi connectivity index (χ4n) is 2.52. The highest BCUT2D eigenvalue weighted by Gasteiger charge is 2.28. The number of hydrogen-bond acceptors (Lipinski definition) is 5. The molecular formula is C15H14Cl2N6O2. The van der Waals surface area contributed by atoms with Crippen LogP contribution in [0.15, 0.2) is 24.4 Å². The lowest BCUT2D eigenvalue weighted by molar-refractivity contribution is -0.120. The van der Waals surface area contributed by atoms with Gasteiger partial charge in [0, 0.05) is 18.7 Å². The molecule has 0 aliphatic carbocycles. The number of carbonyl (C=O) groups is 2. The van der Waals surface area contributed by atoms with E-state index >= 15 is 0 Å². The van der Waals surface area contributed by atoms with Crippen LogP contribution in [0.4, 0.5) is 16.4 Å². The fourth-order valence-corrected chi connectivity index (χ4v) is 2.91. The van der Waals surface area contributed by atoms with Crippen LogP contribution < -0.4 is 16.4 Å². The van der Waals surface area contributed by atoms with Crippen LogP contribution in [0.25, 0.3) is 11.3 Å². The Balaban J connectivity index is 1.89. The first kappa shape index (κ1) is 17.2. The molecule has 3 rings (SSSR count). The number of aromatic nitrogens is 2. The Labute approximate surface area is 153 Å². The SMILES string of the molecule is NC(=O)N1CCN(c2cnc(-c3cccc(Cl)c3Cl)c(N)n2)C(=O)C1. The van der Waals surface area contributed by atoms with E-state index in [0.717, 1.165) is 0 Å². The van der Waals surface area contributed by atoms with E-state index in [-0.39, 0.29) is 24.8 Å². The van der Waals surface area contributed by atoms with Crippen LogP contribution in [-0.2, 0) is 4.79 Å². The third-order valence-electron chi connectivity index (χ3n) is 3.80. The first-order valence-electron chi connectivity index (χ1n) is 7.30. The third kappa shape index (κ3) is 3.31. The van der Waals surface area contributed by atoms with Gasteiger partial charge in [-0.15, -0.1) is 0 Å². The lowest BCUT2D eigenvalue weighted by Gasteiger charge is -2.32. The largest absolute Gasteiger partial charge is 0.382 e. The van der Waals surface area contributed by atoms with E-state index in [1.54, 1.807) is 18.2 Å². The van der Waals surface area contributed by atoms with Crippen LogP contribution in [0.2, 0.25) is 10.0 Å². The molecule has 1 saturated heterocycles. The predicted molar refractivity (Wildman–Crippen MR) is 95.4 cm³/mol. The van der Waals surface area contributed by atoms with E-state index in [2.05, 4.69) is 9.97 Å². The van der Waals surface area contributed by atoms with Crippen molar-refractivity contribution in [3.05, 3.63) is 34.4 Å². The molecule has 2 heterocycles. The second kappa shape index (κ2) is 6.73. The van der Waals surface area contributed by atoms with E-state index in [1.165, 1.54) is 16.0 Å². The molecule has 0 spiro atoms. The lowest BCUT2D eigenvalue weighted by atomic mass is 10.1. The molecule has 0 bridgehead atoms. The summed E-state index contributed by atoms with van der Waals surface area (Å²) in [6.45, 7) is 0.455. The Kier molecular flexibility index (Phi) is 4.65. The number of primary amides is 1. The number of piperazine rings is 1. The maximum absolute atomic E-state index is 12.2. The number of hydrogen-bond donors (Lipinski definition) is 2. The highest BCUT2D eigenvalue weighted by atomic mass is 35.5. The van der Waals surface area contributed by atoms with Crippen LogP contribution in [-0.4, -0.2) is 46.4 Å². The molecule has 8 nitrogen and oxygen atoms in total. The van der Waals surface area contributed by atoms with Gasteiger partial charge in [0.15, 0.2) is 11.6 Å². The lowest BCUT2D eigenvalue weighted by Crippen LogP contribution is -2.54. The van der Waals surface area contributed by atoms with E-state index in [9.17, 15) is 9.59 Å². The van der Waals surface area contributed by atoms with Crippen molar-refractivity contribution in [2.75, 3.05) is 30.3 Å². The van der Waals surface area contributed by atoms with Gasteiger partial charge in [0.1, 0.15) is 12.2 Å². The number of benzene rings is 1. The Morgan fingerprint density at radius 2 is 2.00 bits per heavy atom. The molecule has 0 radical (unpaired) electrons. The Bertz CT molecular complexity index is 860. The summed E-state index contributed by atoms with van der Waals surface area (Å²) in [5, 5.41) is 0.700. The van der Waals surface area contributed by atoms with Crippen molar-refractivity contribution < 1.29 is 9.59 Å². The quantitative estimate of drug-likeness (QED) is 0.822. The number of amides is 3. The standard InChI is InChI=1S/C15H14Cl2N6O2/c16-9-3-1-2-8(12(9)17)13-14(18)21-10(6-20-13)23-5-4-22(15(19)25)7-11(23)24/h1-3,6H,4-5,7H2,(H2,18,21)(H2,19,25). The molecule has 3 amide bonds. The second-order valence-electron chi connectivity index (χ2n) is 5.37. The molecule has 1 aromatic heterocycles. The number of rotatable bonds is 2. The number of halogens is 2. The average Bonchev–Trinajstić information content (AvgIpc) is 2.57. The highest BCUT2D eigenvalue weighted by molar-refractivity contribution is 6.43. The number of nitrogens with two attached hydrogens (primary N) is 2. The van der Waals surface area contributed by atoms with E-state index in [1.807, 2.05) is 0 Å². The van der Waals surface area contributed by atoms with Gasteiger partial charge >= 0.3 is 6.03 Å². The van der Waals surface area contributed by atoms with Crippen LogP contribution >= 0.6 is 23.2 Å². The minimum Gasteiger partial charge on any atom is -0.382 e. The fraction of sp³-hybridized carbons (Fsp3) is 0.200. The molecule has 1 aromatic carbocycles. The zero-order valence-corrected chi connectivity index (χ0v) is 14.5. The van der Waals surface area contributed by atoms with Gasteiger partial charge in [0.25, 0.3) is 0 Å². The average molecular weight is 381 g/mol. The molecule has 25 heavy (non-hydrogen) atoms. The smallest absolute Gasteiger partial charge is 0.315 e. The Morgan fingerprint density at radius 3 is 2.64 bits per heavy atom. The molecule has 0 atom stereocenters. The molecule has 0 unspecified atom stereocenters. The second-order valence-corrected chi connectivity index (χ2v) is 6.15. The van der Waals surface area contributed by atoms with Crippen molar-refractivity contribution in [1.82, 2.24) is 14.9 Å². The van der Waals surface area contributed by atoms with E-state index in [4.69, 9.17) is 34.7 Å². The predicted octanol–water partition coefficient (Wildman–Crippen LogP) is 1.76. The van der Waals surface area contributed by atoms with Gasteiger partial charge in [-0.2, -0.15) is 0 Å². The van der Waals surface area contributed by atoms with Gasteiger partial charge in [-0.05, 0) is 6.07 Å². The van der Waals surface area contributed by atoms with Gasteiger partial charge in [-0.25, -0.2) is 14.8 Å². The summed E-state index contributed by atoms with van der Waals surface area (Å²) in [5.41, 5.74) is 12.1. The van der Waals surface area contributed by atoms with Crippen molar-refractivity contribution in [2.24, 2.45) is 5.73 Å². The van der Waals surface area contributed by atoms with Gasteiger partial charge in [0.2, 0.25) is 5.91 Å². The first-order chi connectivity index (χ1) is 11.9. The monoisotopic (exact) mass is 380 g/mol. The van der Waals surface area contributed by atoms with Crippen LogP contribution in [0.5, 0.6) is 0 Å². The van der Waals surface area contributed by atoms with Crippen molar-refractivity contribution >= 4 is 46.8 Å². The van der Waals surface area contributed by atoms with E-state index < -0.39 is 6.03 Å². The summed E-state index contributed by atoms with van der Waals surface area (Å²) >= 11 is 12.2. The molecule has 130 valence electrons. The first-order valence-corrected chi connectivity index (χ1v) is 8.05. The molecule has 10 heteroatoms. The summed E-state index contributed by atoms with van der Waals surface area (Å²) in [7, 11) is 0. The zero-order valence-electron chi connectivity index (χ0n) is 12.9. The molecular weight excluding hydrogens is 367 g/mol. The number of anilines is 2. The summed E-state index contributed by atoms with van der Waals surface area (Å²) in [4.78, 5) is 34.6. The summed E-state index contributed by atoms with van der Waals surface area (Å²) in [5.74, 6) is 0.104. The van der Waals surface area contributed by atoms with Gasteiger partial charge in [-0.1, -0.05) is 35.3 Å². The van der Waals surface area contributed by atoms with Crippen molar-refractivity contribution in [2.45, 2.75) is 0 Å². The maximum atomic E-state index is 12.2. The van der Waals surface area contributed by atoms with Gasteiger partial charge in [-0.3, -0.25) is 9.69 Å². The van der Waals surface area contributed by atoms with Gasteiger partial charge in [0.05, 0.1) is 16.2 Å². The minimum atomic E-state index is -0.635. The van der Waals surface area contributed by atoms with E-state index in [0.29, 0.717) is 33.7 Å². The van der Waals surface area contributed by atoms with Crippen molar-refractivity contribution in [1.29, 1.82) is 0 Å². The number of nitrogens with zero attached hydrogens (tertiary/aromatic N) is 4. The summed E-state index contributed by atoms with van der Waals surface area (Å²) in [6, 6.07) is 4.47. The van der Waals surface area contributed by atoms with Crippen LogP contribution in [0, 0.1) is 0 Å². The minimum absolute atomic E-state index is 0.112. The van der Waals surface area contributed by atoms with Crippen molar-refractivity contribution in [3.8, 4) is 11.3 Å². The molecule has 2 aromatic rings. The summed E-state index contributed by atoms with van der Waals surface area (Å²) < 4.78 is 0. The Morgan fingerprint density at radius 1 is 1.24 bits per heavy atom. The number of nitrogen functional groups attached to an aromatic ring is 1. The molecule has 4 N–H and O–H groups in total. The molecule has 0 saturated carbocycles. The third-order valence-corrected chi connectivity index (χ3v) is 4.62. The normalized spacial score (nSPS) is 14.7. The summed E-state index contributed by atoms with van der Waals surface area (Å²) in [6.07, 6.45) is 1.43. The van der Waals surface area contributed by atoms with Gasteiger partial charge < -0.3 is 16.4 Å². The molecule has 1 aliphatic heterocycles. The molecule has 1 fully saturated rings. The number of carbonyl (C=O) groups excluding carboxylic acids is 2. The Hall–Kier alpha value is -2.58. The zero-order chi connectivity index (χ0) is 18.1. The number of urea groups is 1. The van der Waals surface area contributed by atoms with Crippen molar-refractivity contribution in [3.63, 3.8) is 0 Å². The molecule has 1 aliphatic rings. The topological polar surface area (TPSA) is 118 Å². The highest BCUT2D eigenvalue weighted by Crippen LogP contribution is 2.35.